The van der Waals surface area contributed by atoms with Gasteiger partial charge in [0, 0.05) is 24.7 Å². The Labute approximate surface area is 286 Å². The molecule has 45 heavy (non-hydrogen) atoms. The predicted molar refractivity (Wildman–Crippen MR) is 207 cm³/mol. The molecular formula is C37H92N6O2. The van der Waals surface area contributed by atoms with E-state index >= 15 is 0 Å². The van der Waals surface area contributed by atoms with Gasteiger partial charge in [-0.2, -0.15) is 0 Å². The summed E-state index contributed by atoms with van der Waals surface area (Å²) in [6.45, 7) is 41.3. The van der Waals surface area contributed by atoms with Crippen molar-refractivity contribution in [1.82, 2.24) is 15.1 Å². The fourth-order valence-electron chi connectivity index (χ4n) is 2.43. The Morgan fingerprint density at radius 3 is 1.13 bits per heavy atom. The minimum Gasteiger partial charge on any atom is -0.396 e. The smallest absolute Gasteiger partial charge is 0.0585 e. The van der Waals surface area contributed by atoms with Crippen LogP contribution in [0.1, 0.15) is 117 Å². The normalized spacial score (nSPS) is 13.3. The first-order chi connectivity index (χ1) is 20.3. The lowest BCUT2D eigenvalue weighted by Gasteiger charge is -2.31. The second-order valence-electron chi connectivity index (χ2n) is 15.9. The van der Waals surface area contributed by atoms with Crippen molar-refractivity contribution in [3.63, 3.8) is 0 Å². The molecule has 0 spiro atoms. The van der Waals surface area contributed by atoms with Crippen LogP contribution in [-0.2, 0) is 0 Å². The molecule has 0 saturated carbocycles. The Kier molecular flexibility index (Phi) is 48.3. The molecule has 1 saturated heterocycles. The van der Waals surface area contributed by atoms with Crippen LogP contribution >= 0.6 is 0 Å². The highest BCUT2D eigenvalue weighted by molar-refractivity contribution is 4.74. The quantitative estimate of drug-likeness (QED) is 0.160. The number of likely N-dealkylation sites (tertiary alicyclic amines) is 1. The first-order valence-electron chi connectivity index (χ1n) is 17.8. The third-order valence-corrected chi connectivity index (χ3v) is 6.31. The molecule has 8 heteroatoms. The van der Waals surface area contributed by atoms with Crippen LogP contribution in [0.3, 0.4) is 0 Å². The number of aliphatic hydroxyl groups is 2. The van der Waals surface area contributed by atoms with Crippen molar-refractivity contribution in [2.45, 2.75) is 129 Å². The van der Waals surface area contributed by atoms with E-state index in [-0.39, 0.29) is 18.2 Å². The lowest BCUT2D eigenvalue weighted by atomic mass is 9.92. The third kappa shape index (κ3) is 71.1. The lowest BCUT2D eigenvalue weighted by molar-refractivity contribution is 0.161. The van der Waals surface area contributed by atoms with E-state index in [2.05, 4.69) is 98.4 Å². The summed E-state index contributed by atoms with van der Waals surface area (Å²) < 4.78 is 0. The van der Waals surface area contributed by atoms with Crippen molar-refractivity contribution < 1.29 is 10.2 Å². The van der Waals surface area contributed by atoms with Gasteiger partial charge in [-0.05, 0) is 116 Å². The van der Waals surface area contributed by atoms with Gasteiger partial charge >= 0.3 is 0 Å². The molecule has 1 aliphatic rings. The number of nitrogens with one attached hydrogen (secondary N) is 1. The molecule has 1 fully saturated rings. The zero-order valence-corrected chi connectivity index (χ0v) is 34.5. The van der Waals surface area contributed by atoms with Crippen LogP contribution < -0.4 is 22.5 Å². The van der Waals surface area contributed by atoms with Gasteiger partial charge < -0.3 is 42.5 Å². The average Bonchev–Trinajstić information content (AvgIpc) is 2.86. The maximum Gasteiger partial charge on any atom is 0.0585 e. The number of nitrogens with zero attached hydrogens (tertiary/aromatic N) is 2. The molecule has 0 aromatic heterocycles. The van der Waals surface area contributed by atoms with Crippen LogP contribution in [0.15, 0.2) is 0 Å². The largest absolute Gasteiger partial charge is 0.396 e. The molecule has 1 unspecified atom stereocenters. The Balaban J connectivity index is -0.0000000993. The van der Waals surface area contributed by atoms with Gasteiger partial charge in [0.1, 0.15) is 0 Å². The molecule has 1 atom stereocenters. The molecule has 282 valence electrons. The first kappa shape index (κ1) is 57.0. The molecule has 9 N–H and O–H groups in total. The van der Waals surface area contributed by atoms with Crippen molar-refractivity contribution in [1.29, 1.82) is 0 Å². The molecular weight excluding hydrogens is 560 g/mol. The fourth-order valence-corrected chi connectivity index (χ4v) is 2.43. The second-order valence-corrected chi connectivity index (χ2v) is 15.9. The van der Waals surface area contributed by atoms with Crippen LogP contribution in [0.5, 0.6) is 0 Å². The standard InChI is InChI=1S/C7H15N.2C6H15N.C5H13NO.C5H13N.C4H11N.C4H10O/c1-7(2)6-8-4-3-5-8;1-6(2)5-7(3)4;1-5(2)6(3,4)7;1-4(2)5(6)3-7;1-5(2)4-6-3;2*1-4(2)3-5/h7H,3-6H2,1-2H3;6H,5H2,1-4H3;5H,7H2,1-4H3;4-5,7H,3,6H2,1-2H3;5-6H,4H2,1-3H3;4H,3,5H2,1-2H3;4-5H,3H2,1-2H3. The van der Waals surface area contributed by atoms with E-state index in [9.17, 15) is 0 Å². The predicted octanol–water partition coefficient (Wildman–Crippen LogP) is 5.99. The summed E-state index contributed by atoms with van der Waals surface area (Å²) in [6.07, 6.45) is 1.42. The van der Waals surface area contributed by atoms with Gasteiger partial charge in [0.15, 0.2) is 0 Å². The van der Waals surface area contributed by atoms with Crippen LogP contribution in [0.2, 0.25) is 0 Å². The number of nitrogens with two attached hydrogens (primary N) is 3. The van der Waals surface area contributed by atoms with Gasteiger partial charge in [0.2, 0.25) is 0 Å². The Morgan fingerprint density at radius 1 is 0.733 bits per heavy atom. The number of hydrogen-bond donors (Lipinski definition) is 6. The summed E-state index contributed by atoms with van der Waals surface area (Å²) in [5, 5.41) is 19.6. The molecule has 1 rings (SSSR count). The molecule has 0 aliphatic carbocycles. The monoisotopic (exact) mass is 653 g/mol. The Hall–Kier alpha value is -0.320. The summed E-state index contributed by atoms with van der Waals surface area (Å²) in [7, 11) is 6.17. The average molecular weight is 653 g/mol. The van der Waals surface area contributed by atoms with Crippen LogP contribution in [0, 0.1) is 41.4 Å². The zero-order chi connectivity index (χ0) is 37.3. The van der Waals surface area contributed by atoms with E-state index < -0.39 is 0 Å². The maximum absolute atomic E-state index is 8.38. The van der Waals surface area contributed by atoms with Crippen molar-refractivity contribution in [3.8, 4) is 0 Å². The van der Waals surface area contributed by atoms with E-state index in [1.807, 2.05) is 48.6 Å². The molecule has 8 nitrogen and oxygen atoms in total. The van der Waals surface area contributed by atoms with Gasteiger partial charge in [-0.15, -0.1) is 0 Å². The first-order valence-corrected chi connectivity index (χ1v) is 17.8. The highest BCUT2D eigenvalue weighted by Gasteiger charge is 2.14. The lowest BCUT2D eigenvalue weighted by Crippen LogP contribution is -2.39. The summed E-state index contributed by atoms with van der Waals surface area (Å²) in [6, 6.07) is -0.0417. The van der Waals surface area contributed by atoms with Crippen molar-refractivity contribution >= 4 is 0 Å². The summed E-state index contributed by atoms with van der Waals surface area (Å²) in [5.74, 6) is 4.52. The molecule has 0 aromatic carbocycles. The highest BCUT2D eigenvalue weighted by Crippen LogP contribution is 2.10. The van der Waals surface area contributed by atoms with Gasteiger partial charge in [-0.1, -0.05) is 96.9 Å². The van der Waals surface area contributed by atoms with Gasteiger partial charge in [-0.3, -0.25) is 0 Å². The highest BCUT2D eigenvalue weighted by atomic mass is 16.3. The Bertz CT molecular complexity index is 502. The van der Waals surface area contributed by atoms with E-state index in [4.69, 9.17) is 27.4 Å². The zero-order valence-electron chi connectivity index (χ0n) is 34.5. The molecule has 0 amide bonds. The molecule has 0 radical (unpaired) electrons. The minimum atomic E-state index is -0.0417. The third-order valence-electron chi connectivity index (χ3n) is 6.31. The number of aliphatic hydroxyl groups excluding tert-OH is 2. The molecule has 0 aromatic rings. The summed E-state index contributed by atoms with van der Waals surface area (Å²) in [5.41, 5.74) is 16.2. The van der Waals surface area contributed by atoms with E-state index in [0.29, 0.717) is 30.3 Å². The van der Waals surface area contributed by atoms with Crippen molar-refractivity contribution in [2.24, 2.45) is 58.6 Å². The molecule has 0 bridgehead atoms. The summed E-state index contributed by atoms with van der Waals surface area (Å²) in [4.78, 5) is 4.70. The van der Waals surface area contributed by atoms with E-state index in [0.717, 1.165) is 30.8 Å². The topological polar surface area (TPSA) is 137 Å². The number of hydrogen-bond acceptors (Lipinski definition) is 8. The van der Waals surface area contributed by atoms with E-state index in [1.165, 1.54) is 32.6 Å². The molecule has 1 heterocycles. The number of rotatable bonds is 11. The van der Waals surface area contributed by atoms with E-state index in [1.54, 1.807) is 0 Å². The minimum absolute atomic E-state index is 0. The molecule has 1 aliphatic heterocycles. The SMILES string of the molecule is CC(C)C(C)(C)N.CC(C)C(N)CO.CC(C)CN.CC(C)CN(C)C.CC(C)CN1CCC1.CC(C)CO.CNCC(C)C. The summed E-state index contributed by atoms with van der Waals surface area (Å²) >= 11 is 0. The van der Waals surface area contributed by atoms with Gasteiger partial charge in [0.05, 0.1) is 6.61 Å². The van der Waals surface area contributed by atoms with Crippen molar-refractivity contribution in [2.75, 3.05) is 73.6 Å². The fraction of sp³-hybridized carbons (Fsp3) is 1.00. The second kappa shape index (κ2) is 38.1. The van der Waals surface area contributed by atoms with Gasteiger partial charge in [-0.25, -0.2) is 0 Å². The van der Waals surface area contributed by atoms with Crippen LogP contribution in [-0.4, -0.2) is 105 Å². The maximum atomic E-state index is 8.38. The van der Waals surface area contributed by atoms with Crippen molar-refractivity contribution in [3.05, 3.63) is 0 Å². The van der Waals surface area contributed by atoms with Crippen LogP contribution in [0.4, 0.5) is 0 Å². The van der Waals surface area contributed by atoms with Gasteiger partial charge in [0.25, 0.3) is 0 Å². The van der Waals surface area contributed by atoms with Crippen LogP contribution in [0.25, 0.3) is 0 Å². The Morgan fingerprint density at radius 2 is 1.11 bits per heavy atom.